The molecule has 0 aromatic heterocycles. The topological polar surface area (TPSA) is 60.8 Å². The van der Waals surface area contributed by atoms with Crippen LogP contribution in [-0.2, 0) is 4.79 Å². The predicted octanol–water partition coefficient (Wildman–Crippen LogP) is -0.0838. The number of aliphatic hydroxyl groups is 1. The molecule has 0 amide bonds. The van der Waals surface area contributed by atoms with E-state index in [1.807, 2.05) is 4.90 Å². The Kier molecular flexibility index (Phi) is 3.05. The lowest BCUT2D eigenvalue weighted by molar-refractivity contribution is -0.142. The lowest BCUT2D eigenvalue weighted by Crippen LogP contribution is -2.39. The van der Waals surface area contributed by atoms with Gasteiger partial charge in [0.15, 0.2) is 0 Å². The Hall–Kier alpha value is -0.610. The quantitative estimate of drug-likeness (QED) is 0.626. The molecular formula is C8H15NO3. The largest absolute Gasteiger partial charge is 0.480 e. The number of nitrogens with zero attached hydrogens (tertiary/aromatic N) is 1. The second-order valence-electron chi connectivity index (χ2n) is 3.34. The first-order chi connectivity index (χ1) is 5.61. The third-order valence-corrected chi connectivity index (χ3v) is 2.15. The minimum absolute atomic E-state index is 0.375. The molecule has 2 atom stereocenters. The first-order valence-corrected chi connectivity index (χ1v) is 4.26. The van der Waals surface area contributed by atoms with Crippen LogP contribution >= 0.6 is 0 Å². The molecule has 0 radical (unpaired) electrons. The van der Waals surface area contributed by atoms with Crippen LogP contribution in [0.1, 0.15) is 19.8 Å². The molecule has 1 unspecified atom stereocenters. The first-order valence-electron chi connectivity index (χ1n) is 4.26. The van der Waals surface area contributed by atoms with E-state index in [0.29, 0.717) is 13.0 Å². The van der Waals surface area contributed by atoms with Crippen molar-refractivity contribution in [2.75, 3.05) is 13.1 Å². The highest BCUT2D eigenvalue weighted by molar-refractivity contribution is 5.73. The lowest BCUT2D eigenvalue weighted by Gasteiger charge is -2.21. The summed E-state index contributed by atoms with van der Waals surface area (Å²) in [5.74, 6) is -0.770. The maximum absolute atomic E-state index is 10.7. The second kappa shape index (κ2) is 3.87. The van der Waals surface area contributed by atoms with Crippen LogP contribution in [0.3, 0.4) is 0 Å². The van der Waals surface area contributed by atoms with Gasteiger partial charge in [0.1, 0.15) is 6.04 Å². The minimum Gasteiger partial charge on any atom is -0.480 e. The fraction of sp³-hybridized carbons (Fsp3) is 0.875. The van der Waals surface area contributed by atoms with Crippen LogP contribution in [0.2, 0.25) is 0 Å². The molecule has 0 aromatic rings. The highest BCUT2D eigenvalue weighted by atomic mass is 16.4. The van der Waals surface area contributed by atoms with E-state index in [9.17, 15) is 4.79 Å². The average molecular weight is 173 g/mol. The van der Waals surface area contributed by atoms with E-state index in [0.717, 1.165) is 13.0 Å². The molecule has 1 saturated heterocycles. The standard InChI is InChI=1S/C8H15NO3/c1-6(10)5-9-4-2-3-7(9)8(11)12/h6-7,10H,2-5H2,1H3,(H,11,12)/t6?,7-/m0/s1. The van der Waals surface area contributed by atoms with Gasteiger partial charge in [0.05, 0.1) is 6.10 Å². The van der Waals surface area contributed by atoms with E-state index in [1.165, 1.54) is 0 Å². The Morgan fingerprint density at radius 2 is 2.42 bits per heavy atom. The van der Waals surface area contributed by atoms with E-state index in [-0.39, 0.29) is 6.04 Å². The van der Waals surface area contributed by atoms with Crippen molar-refractivity contribution in [1.82, 2.24) is 4.90 Å². The molecule has 1 heterocycles. The van der Waals surface area contributed by atoms with E-state index in [1.54, 1.807) is 6.92 Å². The number of aliphatic carboxylic acids is 1. The third-order valence-electron chi connectivity index (χ3n) is 2.15. The second-order valence-corrected chi connectivity index (χ2v) is 3.34. The molecule has 1 rings (SSSR count). The van der Waals surface area contributed by atoms with Crippen LogP contribution in [-0.4, -0.2) is 46.3 Å². The Bertz CT molecular complexity index is 170. The fourth-order valence-electron chi connectivity index (χ4n) is 1.66. The summed E-state index contributed by atoms with van der Waals surface area (Å²) < 4.78 is 0. The molecule has 0 saturated carbocycles. The summed E-state index contributed by atoms with van der Waals surface area (Å²) in [6.07, 6.45) is 1.19. The molecule has 12 heavy (non-hydrogen) atoms. The molecule has 4 nitrogen and oxygen atoms in total. The molecule has 0 aliphatic carbocycles. The smallest absolute Gasteiger partial charge is 0.320 e. The molecule has 0 bridgehead atoms. The van der Waals surface area contributed by atoms with Crippen LogP contribution in [0.25, 0.3) is 0 Å². The zero-order valence-electron chi connectivity index (χ0n) is 7.23. The van der Waals surface area contributed by atoms with Crippen molar-refractivity contribution in [2.24, 2.45) is 0 Å². The van der Waals surface area contributed by atoms with Gasteiger partial charge in [-0.3, -0.25) is 9.69 Å². The number of carboxylic acid groups (broad SMARTS) is 1. The molecule has 1 fully saturated rings. The van der Waals surface area contributed by atoms with Gasteiger partial charge in [0.2, 0.25) is 0 Å². The van der Waals surface area contributed by atoms with Crippen molar-refractivity contribution in [3.63, 3.8) is 0 Å². The Morgan fingerprint density at radius 1 is 1.75 bits per heavy atom. The van der Waals surface area contributed by atoms with Gasteiger partial charge in [0.25, 0.3) is 0 Å². The zero-order chi connectivity index (χ0) is 9.14. The fourth-order valence-corrected chi connectivity index (χ4v) is 1.66. The number of aliphatic hydroxyl groups excluding tert-OH is 1. The van der Waals surface area contributed by atoms with Crippen LogP contribution in [0.5, 0.6) is 0 Å². The van der Waals surface area contributed by atoms with Crippen LogP contribution in [0.4, 0.5) is 0 Å². The highest BCUT2D eigenvalue weighted by Crippen LogP contribution is 2.17. The lowest BCUT2D eigenvalue weighted by atomic mass is 10.2. The van der Waals surface area contributed by atoms with Crippen LogP contribution in [0, 0.1) is 0 Å². The number of carboxylic acids is 1. The Balaban J connectivity index is 2.46. The summed E-state index contributed by atoms with van der Waals surface area (Å²) in [5, 5.41) is 17.9. The maximum atomic E-state index is 10.7. The molecule has 1 aliphatic heterocycles. The van der Waals surface area contributed by atoms with Gasteiger partial charge in [-0.15, -0.1) is 0 Å². The van der Waals surface area contributed by atoms with Crippen LogP contribution < -0.4 is 0 Å². The average Bonchev–Trinajstić information content (AvgIpc) is 2.33. The Morgan fingerprint density at radius 3 is 2.92 bits per heavy atom. The summed E-state index contributed by atoms with van der Waals surface area (Å²) in [5.41, 5.74) is 0. The van der Waals surface area contributed by atoms with Gasteiger partial charge in [-0.1, -0.05) is 0 Å². The number of hydrogen-bond acceptors (Lipinski definition) is 3. The van der Waals surface area contributed by atoms with Crippen molar-refractivity contribution in [3.8, 4) is 0 Å². The van der Waals surface area contributed by atoms with Gasteiger partial charge in [-0.25, -0.2) is 0 Å². The molecule has 4 heteroatoms. The third kappa shape index (κ3) is 2.19. The van der Waals surface area contributed by atoms with Crippen molar-refractivity contribution in [3.05, 3.63) is 0 Å². The summed E-state index contributed by atoms with van der Waals surface area (Å²) in [6, 6.07) is -0.375. The monoisotopic (exact) mass is 173 g/mol. The van der Waals surface area contributed by atoms with E-state index < -0.39 is 12.1 Å². The number of rotatable bonds is 3. The normalized spacial score (nSPS) is 27.3. The van der Waals surface area contributed by atoms with Gasteiger partial charge < -0.3 is 10.2 Å². The molecule has 70 valence electrons. The summed E-state index contributed by atoms with van der Waals surface area (Å²) in [7, 11) is 0. The van der Waals surface area contributed by atoms with Gasteiger partial charge in [0, 0.05) is 6.54 Å². The zero-order valence-corrected chi connectivity index (χ0v) is 7.23. The number of β-amino-alcohol motifs (C(OH)–C–C–N with tert-alkyl or cyclic N) is 1. The number of hydrogen-bond donors (Lipinski definition) is 2. The van der Waals surface area contributed by atoms with Gasteiger partial charge in [-0.05, 0) is 26.3 Å². The Labute approximate surface area is 71.8 Å². The highest BCUT2D eigenvalue weighted by Gasteiger charge is 2.30. The molecule has 2 N–H and O–H groups in total. The van der Waals surface area contributed by atoms with Crippen molar-refractivity contribution in [1.29, 1.82) is 0 Å². The van der Waals surface area contributed by atoms with Crippen molar-refractivity contribution in [2.45, 2.75) is 31.9 Å². The molecular weight excluding hydrogens is 158 g/mol. The van der Waals surface area contributed by atoms with E-state index >= 15 is 0 Å². The van der Waals surface area contributed by atoms with Gasteiger partial charge >= 0.3 is 5.97 Å². The van der Waals surface area contributed by atoms with E-state index in [2.05, 4.69) is 0 Å². The van der Waals surface area contributed by atoms with Crippen LogP contribution in [0.15, 0.2) is 0 Å². The summed E-state index contributed by atoms with van der Waals surface area (Å²) >= 11 is 0. The number of likely N-dealkylation sites (tertiary alicyclic amines) is 1. The maximum Gasteiger partial charge on any atom is 0.320 e. The van der Waals surface area contributed by atoms with Gasteiger partial charge in [-0.2, -0.15) is 0 Å². The predicted molar refractivity (Wildman–Crippen MR) is 43.9 cm³/mol. The van der Waals surface area contributed by atoms with E-state index in [4.69, 9.17) is 10.2 Å². The molecule has 0 spiro atoms. The van der Waals surface area contributed by atoms with Crippen molar-refractivity contribution < 1.29 is 15.0 Å². The number of carbonyl (C=O) groups is 1. The van der Waals surface area contributed by atoms with Crippen molar-refractivity contribution >= 4 is 5.97 Å². The minimum atomic E-state index is -0.770. The SMILES string of the molecule is CC(O)CN1CCC[C@H]1C(=O)O. The first kappa shape index (κ1) is 9.48. The molecule has 0 aromatic carbocycles. The summed E-state index contributed by atoms with van der Waals surface area (Å²) in [4.78, 5) is 12.5. The molecule has 1 aliphatic rings. The summed E-state index contributed by atoms with van der Waals surface area (Å²) in [6.45, 7) is 2.94.